The first-order valence-corrected chi connectivity index (χ1v) is 7.35. The van der Waals surface area contributed by atoms with Crippen molar-refractivity contribution in [1.82, 2.24) is 20.1 Å². The third-order valence-electron chi connectivity index (χ3n) is 3.78. The minimum atomic E-state index is -0.273. The van der Waals surface area contributed by atoms with Crippen molar-refractivity contribution in [2.45, 2.75) is 6.92 Å². The van der Waals surface area contributed by atoms with Gasteiger partial charge in [0.15, 0.2) is 5.88 Å². The van der Waals surface area contributed by atoms with Crippen LogP contribution in [0.15, 0.2) is 45.7 Å². The number of benzene rings is 1. The molecule has 7 heteroatoms. The van der Waals surface area contributed by atoms with Crippen LogP contribution in [0.2, 0.25) is 0 Å². The molecule has 2 N–H and O–H groups in total. The molecular formula is C17H14N4O3. The average Bonchev–Trinajstić information content (AvgIpc) is 3.23. The number of nitrogens with zero attached hydrogens (tertiary/aromatic N) is 2. The largest absolute Gasteiger partial charge is 0.482 e. The molecule has 3 aromatic heterocycles. The molecule has 4 aromatic rings. The zero-order valence-electron chi connectivity index (χ0n) is 13.1. The summed E-state index contributed by atoms with van der Waals surface area (Å²) in [7, 11) is 1.56. The fourth-order valence-corrected chi connectivity index (χ4v) is 2.55. The molecule has 1 aromatic carbocycles. The molecule has 0 radical (unpaired) electrons. The van der Waals surface area contributed by atoms with Crippen LogP contribution in [0.3, 0.4) is 0 Å². The van der Waals surface area contributed by atoms with E-state index in [0.29, 0.717) is 23.0 Å². The Morgan fingerprint density at radius 3 is 2.79 bits per heavy atom. The van der Waals surface area contributed by atoms with E-state index in [1.165, 1.54) is 0 Å². The Balaban J connectivity index is 1.80. The fraction of sp³-hybridized carbons (Fsp3) is 0.118. The number of fused-ring (bicyclic) bond motifs is 1. The zero-order valence-corrected chi connectivity index (χ0v) is 13.1. The van der Waals surface area contributed by atoms with Gasteiger partial charge in [0.1, 0.15) is 5.56 Å². The topological polar surface area (TPSA) is 96.8 Å². The highest BCUT2D eigenvalue weighted by Crippen LogP contribution is 2.23. The molecule has 0 atom stereocenters. The van der Waals surface area contributed by atoms with Gasteiger partial charge in [-0.25, -0.2) is 0 Å². The van der Waals surface area contributed by atoms with Crippen molar-refractivity contribution >= 4 is 10.9 Å². The molecular weight excluding hydrogens is 308 g/mol. The lowest BCUT2D eigenvalue weighted by Gasteiger charge is -2.01. The zero-order chi connectivity index (χ0) is 16.7. The smallest absolute Gasteiger partial charge is 0.263 e. The van der Waals surface area contributed by atoms with Crippen LogP contribution in [0, 0.1) is 6.92 Å². The summed E-state index contributed by atoms with van der Waals surface area (Å²) in [4.78, 5) is 22.4. The van der Waals surface area contributed by atoms with Crippen LogP contribution in [0.5, 0.6) is 5.88 Å². The van der Waals surface area contributed by atoms with E-state index < -0.39 is 0 Å². The van der Waals surface area contributed by atoms with Gasteiger partial charge >= 0.3 is 0 Å². The average molecular weight is 322 g/mol. The summed E-state index contributed by atoms with van der Waals surface area (Å²) in [6.45, 7) is 1.99. The molecule has 0 aliphatic heterocycles. The van der Waals surface area contributed by atoms with E-state index in [9.17, 15) is 4.79 Å². The standard InChI is InChI=1S/C17H14N4O3/c1-9-3-4-12-10(7-9)8-11(16(22)19-12)17-20-15(21-24-17)13-5-6-14(18-13)23-2/h3-8,18H,1-2H3,(H,19,22). The van der Waals surface area contributed by atoms with E-state index in [4.69, 9.17) is 9.26 Å². The summed E-state index contributed by atoms with van der Waals surface area (Å²) in [5.74, 6) is 1.12. The van der Waals surface area contributed by atoms with Crippen LogP contribution in [-0.4, -0.2) is 27.2 Å². The van der Waals surface area contributed by atoms with Crippen molar-refractivity contribution in [3.8, 4) is 28.9 Å². The van der Waals surface area contributed by atoms with Gasteiger partial charge in [0.2, 0.25) is 5.82 Å². The molecule has 7 nitrogen and oxygen atoms in total. The van der Waals surface area contributed by atoms with Gasteiger partial charge < -0.3 is 19.2 Å². The monoisotopic (exact) mass is 322 g/mol. The summed E-state index contributed by atoms with van der Waals surface area (Å²) in [6.07, 6.45) is 0. The number of nitrogens with one attached hydrogen (secondary N) is 2. The van der Waals surface area contributed by atoms with Crippen molar-refractivity contribution in [3.63, 3.8) is 0 Å². The number of hydrogen-bond acceptors (Lipinski definition) is 5. The van der Waals surface area contributed by atoms with Gasteiger partial charge in [-0.2, -0.15) is 4.98 Å². The van der Waals surface area contributed by atoms with E-state index in [1.807, 2.05) is 25.1 Å². The van der Waals surface area contributed by atoms with Crippen LogP contribution < -0.4 is 10.3 Å². The Hall–Kier alpha value is -3.35. The predicted molar refractivity (Wildman–Crippen MR) is 88.9 cm³/mol. The summed E-state index contributed by atoms with van der Waals surface area (Å²) >= 11 is 0. The molecule has 3 heterocycles. The van der Waals surface area contributed by atoms with Gasteiger partial charge in [0, 0.05) is 11.6 Å². The van der Waals surface area contributed by atoms with Crippen molar-refractivity contribution in [3.05, 3.63) is 52.3 Å². The quantitative estimate of drug-likeness (QED) is 0.604. The number of aromatic amines is 2. The SMILES string of the molecule is COc1ccc(-c2noc(-c3cc4cc(C)ccc4[nH]c3=O)n2)[nH]1. The number of pyridine rings is 1. The second kappa shape index (κ2) is 5.38. The van der Waals surface area contributed by atoms with Crippen molar-refractivity contribution in [1.29, 1.82) is 0 Å². The third kappa shape index (κ3) is 2.36. The van der Waals surface area contributed by atoms with Crippen LogP contribution in [0.1, 0.15) is 5.56 Å². The number of H-pyrrole nitrogens is 2. The molecule has 0 aliphatic carbocycles. The van der Waals surface area contributed by atoms with Crippen molar-refractivity contribution in [2.24, 2.45) is 0 Å². The van der Waals surface area contributed by atoms with Gasteiger partial charge in [-0.1, -0.05) is 16.8 Å². The van der Waals surface area contributed by atoms with Crippen LogP contribution in [0.25, 0.3) is 33.9 Å². The molecule has 0 bridgehead atoms. The van der Waals surface area contributed by atoms with Gasteiger partial charge in [0.25, 0.3) is 11.4 Å². The molecule has 0 unspecified atom stereocenters. The van der Waals surface area contributed by atoms with Gasteiger partial charge in [0.05, 0.1) is 12.8 Å². The highest BCUT2D eigenvalue weighted by atomic mass is 16.5. The molecule has 120 valence electrons. The van der Waals surface area contributed by atoms with Gasteiger partial charge in [-0.05, 0) is 36.6 Å². The number of hydrogen-bond donors (Lipinski definition) is 2. The highest BCUT2D eigenvalue weighted by molar-refractivity contribution is 5.82. The van der Waals surface area contributed by atoms with Crippen molar-refractivity contribution in [2.75, 3.05) is 7.11 Å². The predicted octanol–water partition coefficient (Wildman–Crippen LogP) is 2.89. The molecule has 4 rings (SSSR count). The van der Waals surface area contributed by atoms with E-state index >= 15 is 0 Å². The number of ether oxygens (including phenoxy) is 1. The second-order valence-electron chi connectivity index (χ2n) is 5.47. The van der Waals surface area contributed by atoms with Crippen molar-refractivity contribution < 1.29 is 9.26 Å². The Labute approximate surface area is 136 Å². The Kier molecular flexibility index (Phi) is 3.19. The molecule has 0 spiro atoms. The minimum Gasteiger partial charge on any atom is -0.482 e. The fourth-order valence-electron chi connectivity index (χ4n) is 2.55. The van der Waals surface area contributed by atoms with E-state index in [0.717, 1.165) is 16.5 Å². The van der Waals surface area contributed by atoms with E-state index in [-0.39, 0.29) is 11.4 Å². The summed E-state index contributed by atoms with van der Waals surface area (Å²) in [5, 5.41) is 4.83. The minimum absolute atomic E-state index is 0.170. The Morgan fingerprint density at radius 2 is 2.00 bits per heavy atom. The Morgan fingerprint density at radius 1 is 1.12 bits per heavy atom. The maximum Gasteiger partial charge on any atom is 0.263 e. The lowest BCUT2D eigenvalue weighted by atomic mass is 10.1. The normalized spacial score (nSPS) is 11.1. The molecule has 0 saturated carbocycles. The molecule has 0 amide bonds. The maximum atomic E-state index is 12.3. The number of rotatable bonds is 3. The summed E-state index contributed by atoms with van der Waals surface area (Å²) in [5.41, 5.74) is 2.58. The summed E-state index contributed by atoms with van der Waals surface area (Å²) < 4.78 is 10.4. The second-order valence-corrected chi connectivity index (χ2v) is 5.47. The lowest BCUT2D eigenvalue weighted by molar-refractivity contribution is 0.400. The van der Waals surface area contributed by atoms with Gasteiger partial charge in [-0.15, -0.1) is 0 Å². The van der Waals surface area contributed by atoms with Gasteiger partial charge in [-0.3, -0.25) is 4.79 Å². The highest BCUT2D eigenvalue weighted by Gasteiger charge is 2.15. The molecule has 0 fully saturated rings. The lowest BCUT2D eigenvalue weighted by Crippen LogP contribution is -2.08. The van der Waals surface area contributed by atoms with Crippen LogP contribution in [-0.2, 0) is 0 Å². The Bertz CT molecular complexity index is 1090. The van der Waals surface area contributed by atoms with Crippen LogP contribution >= 0.6 is 0 Å². The molecule has 0 saturated heterocycles. The third-order valence-corrected chi connectivity index (χ3v) is 3.78. The molecule has 0 aliphatic rings. The van der Waals surface area contributed by atoms with E-state index in [1.54, 1.807) is 25.3 Å². The number of aromatic nitrogens is 4. The van der Waals surface area contributed by atoms with Crippen LogP contribution in [0.4, 0.5) is 0 Å². The first-order valence-electron chi connectivity index (χ1n) is 7.35. The number of methoxy groups -OCH3 is 1. The molecule has 24 heavy (non-hydrogen) atoms. The van der Waals surface area contributed by atoms with E-state index in [2.05, 4.69) is 20.1 Å². The first-order chi connectivity index (χ1) is 11.6. The number of aryl methyl sites for hydroxylation is 1. The maximum absolute atomic E-state index is 12.3. The first kappa shape index (κ1) is 14.3. The summed E-state index contributed by atoms with van der Waals surface area (Å²) in [6, 6.07) is 11.1.